The molecule has 0 aliphatic carbocycles. The Hall–Kier alpha value is -2.73. The second kappa shape index (κ2) is 8.96. The number of carbonyl (C=O) groups is 2. The predicted octanol–water partition coefficient (Wildman–Crippen LogP) is 4.75. The van der Waals surface area contributed by atoms with Gasteiger partial charge in [0.2, 0.25) is 0 Å². The third-order valence-corrected chi connectivity index (χ3v) is 5.05. The van der Waals surface area contributed by atoms with Gasteiger partial charge in [0.05, 0.1) is 18.7 Å². The molecule has 1 unspecified atom stereocenters. The summed E-state index contributed by atoms with van der Waals surface area (Å²) >= 11 is 6.43. The van der Waals surface area contributed by atoms with Crippen LogP contribution in [0.5, 0.6) is 5.75 Å². The Balaban J connectivity index is 1.91. The maximum Gasteiger partial charge on any atom is 0.411 e. The number of hydrogen-bond acceptors (Lipinski definition) is 5. The molecule has 0 saturated carbocycles. The van der Waals surface area contributed by atoms with E-state index in [1.165, 1.54) is 12.0 Å². The Morgan fingerprint density at radius 3 is 2.47 bits per heavy atom. The molecule has 2 aromatic rings. The Labute approximate surface area is 181 Å². The zero-order chi connectivity index (χ0) is 21.9. The third kappa shape index (κ3) is 5.05. The Bertz CT molecular complexity index is 923. The van der Waals surface area contributed by atoms with Gasteiger partial charge >= 0.3 is 12.1 Å². The molecule has 0 bridgehead atoms. The lowest BCUT2D eigenvalue weighted by Crippen LogP contribution is -2.50. The van der Waals surface area contributed by atoms with Crippen LogP contribution in [0.15, 0.2) is 42.5 Å². The molecule has 2 aromatic carbocycles. The molecule has 3 rings (SSSR count). The number of fused-ring (bicyclic) bond motifs is 1. The third-order valence-electron chi connectivity index (χ3n) is 4.75. The molecule has 160 valence electrons. The number of ether oxygens (including phenoxy) is 3. The van der Waals surface area contributed by atoms with Crippen molar-refractivity contribution >= 4 is 23.7 Å². The van der Waals surface area contributed by atoms with Crippen LogP contribution in [0.2, 0.25) is 5.02 Å². The van der Waals surface area contributed by atoms with E-state index in [2.05, 4.69) is 0 Å². The fourth-order valence-electron chi connectivity index (χ4n) is 3.35. The van der Waals surface area contributed by atoms with Crippen LogP contribution in [0.1, 0.15) is 37.5 Å². The van der Waals surface area contributed by atoms with Crippen LogP contribution in [0.3, 0.4) is 0 Å². The minimum absolute atomic E-state index is 0.197. The van der Waals surface area contributed by atoms with Crippen LogP contribution in [-0.4, -0.2) is 35.7 Å². The van der Waals surface area contributed by atoms with Gasteiger partial charge in [-0.05, 0) is 38.0 Å². The van der Waals surface area contributed by atoms with E-state index in [-0.39, 0.29) is 13.0 Å². The topological polar surface area (TPSA) is 65.1 Å². The molecule has 0 N–H and O–H groups in total. The summed E-state index contributed by atoms with van der Waals surface area (Å²) in [6.45, 7) is 5.89. The quantitative estimate of drug-likeness (QED) is 0.653. The number of amides is 1. The summed E-state index contributed by atoms with van der Waals surface area (Å²) in [7, 11) is 1.30. The van der Waals surface area contributed by atoms with Gasteiger partial charge in [-0.25, -0.2) is 9.59 Å². The maximum absolute atomic E-state index is 12.8. The van der Waals surface area contributed by atoms with Crippen molar-refractivity contribution in [2.45, 2.75) is 52.0 Å². The van der Waals surface area contributed by atoms with Crippen molar-refractivity contribution in [1.82, 2.24) is 4.90 Å². The van der Waals surface area contributed by atoms with E-state index in [0.29, 0.717) is 17.4 Å². The highest BCUT2D eigenvalue weighted by Gasteiger charge is 2.39. The summed E-state index contributed by atoms with van der Waals surface area (Å²) in [5, 5.41) is 0.457. The van der Waals surface area contributed by atoms with Gasteiger partial charge in [-0.1, -0.05) is 48.0 Å². The van der Waals surface area contributed by atoms with Crippen LogP contribution < -0.4 is 4.74 Å². The van der Waals surface area contributed by atoms with Crippen molar-refractivity contribution in [2.24, 2.45) is 0 Å². The van der Waals surface area contributed by atoms with Crippen molar-refractivity contribution in [3.63, 3.8) is 0 Å². The summed E-state index contributed by atoms with van der Waals surface area (Å²) in [6, 6.07) is 12.5. The van der Waals surface area contributed by atoms with E-state index < -0.39 is 23.7 Å². The van der Waals surface area contributed by atoms with Gasteiger partial charge in [0, 0.05) is 12.0 Å². The first kappa shape index (κ1) is 22.0. The molecule has 0 fully saturated rings. The van der Waals surface area contributed by atoms with E-state index in [0.717, 1.165) is 16.7 Å². The molecule has 0 radical (unpaired) electrons. The van der Waals surface area contributed by atoms with Crippen LogP contribution in [0.4, 0.5) is 4.79 Å². The normalized spacial score (nSPS) is 15.9. The van der Waals surface area contributed by atoms with E-state index in [1.54, 1.807) is 26.8 Å². The second-order valence-electron chi connectivity index (χ2n) is 8.14. The lowest BCUT2D eigenvalue weighted by Gasteiger charge is -2.36. The molecule has 6 nitrogen and oxygen atoms in total. The number of rotatable bonds is 4. The van der Waals surface area contributed by atoms with Crippen molar-refractivity contribution in [3.8, 4) is 5.75 Å². The molecule has 7 heteroatoms. The number of methoxy groups -OCH3 is 1. The number of benzene rings is 2. The molecular weight excluding hydrogens is 406 g/mol. The predicted molar refractivity (Wildman–Crippen MR) is 114 cm³/mol. The minimum Gasteiger partial charge on any atom is -0.487 e. The monoisotopic (exact) mass is 431 g/mol. The number of hydrogen-bond donors (Lipinski definition) is 0. The van der Waals surface area contributed by atoms with E-state index in [1.807, 2.05) is 36.4 Å². The SMILES string of the molecule is COC(=O)C1Cc2c(ccc(Cl)c2OCc2ccccc2)CN1C(=O)OC(C)(C)C. The van der Waals surface area contributed by atoms with E-state index >= 15 is 0 Å². The van der Waals surface area contributed by atoms with Crippen LogP contribution in [0.25, 0.3) is 0 Å². The van der Waals surface area contributed by atoms with Gasteiger partial charge in [0.15, 0.2) is 0 Å². The van der Waals surface area contributed by atoms with Gasteiger partial charge < -0.3 is 14.2 Å². The Morgan fingerprint density at radius 1 is 1.13 bits per heavy atom. The smallest absolute Gasteiger partial charge is 0.411 e. The van der Waals surface area contributed by atoms with Gasteiger partial charge in [-0.15, -0.1) is 0 Å². The largest absolute Gasteiger partial charge is 0.487 e. The van der Waals surface area contributed by atoms with Gasteiger partial charge in [0.25, 0.3) is 0 Å². The number of halogens is 1. The molecule has 0 spiro atoms. The molecule has 1 heterocycles. The zero-order valence-electron chi connectivity index (χ0n) is 17.6. The molecule has 1 aliphatic heterocycles. The lowest BCUT2D eigenvalue weighted by atomic mass is 9.93. The van der Waals surface area contributed by atoms with Crippen molar-refractivity contribution in [2.75, 3.05) is 7.11 Å². The summed E-state index contributed by atoms with van der Waals surface area (Å²) in [5.41, 5.74) is 1.98. The maximum atomic E-state index is 12.8. The first-order valence-corrected chi connectivity index (χ1v) is 10.1. The van der Waals surface area contributed by atoms with Crippen molar-refractivity contribution in [1.29, 1.82) is 0 Å². The van der Waals surface area contributed by atoms with Gasteiger partial charge in [0.1, 0.15) is 24.0 Å². The number of nitrogens with zero attached hydrogens (tertiary/aromatic N) is 1. The molecule has 0 aromatic heterocycles. The molecule has 0 saturated heterocycles. The molecule has 30 heavy (non-hydrogen) atoms. The fraction of sp³-hybridized carbons (Fsp3) is 0.391. The number of carbonyl (C=O) groups excluding carboxylic acids is 2. The Kier molecular flexibility index (Phi) is 6.56. The molecule has 1 amide bonds. The zero-order valence-corrected chi connectivity index (χ0v) is 18.4. The van der Waals surface area contributed by atoms with Gasteiger partial charge in [-0.2, -0.15) is 0 Å². The molecule has 1 aliphatic rings. The van der Waals surface area contributed by atoms with Crippen molar-refractivity contribution in [3.05, 3.63) is 64.2 Å². The van der Waals surface area contributed by atoms with E-state index in [4.69, 9.17) is 25.8 Å². The minimum atomic E-state index is -0.824. The van der Waals surface area contributed by atoms with Crippen LogP contribution in [-0.2, 0) is 33.8 Å². The second-order valence-corrected chi connectivity index (χ2v) is 8.55. The first-order valence-electron chi connectivity index (χ1n) is 9.74. The Morgan fingerprint density at radius 2 is 1.83 bits per heavy atom. The van der Waals surface area contributed by atoms with E-state index in [9.17, 15) is 9.59 Å². The average molecular weight is 432 g/mol. The summed E-state index contributed by atoms with van der Waals surface area (Å²) < 4.78 is 16.5. The first-order chi connectivity index (χ1) is 14.2. The summed E-state index contributed by atoms with van der Waals surface area (Å²) in [5.74, 6) is 0.0104. The number of esters is 1. The summed E-state index contributed by atoms with van der Waals surface area (Å²) in [6.07, 6.45) is -0.336. The highest BCUT2D eigenvalue weighted by atomic mass is 35.5. The lowest BCUT2D eigenvalue weighted by molar-refractivity contribution is -0.147. The van der Waals surface area contributed by atoms with Crippen LogP contribution >= 0.6 is 11.6 Å². The van der Waals surface area contributed by atoms with Crippen LogP contribution in [0, 0.1) is 0 Å². The summed E-state index contributed by atoms with van der Waals surface area (Å²) in [4.78, 5) is 26.6. The standard InChI is InChI=1S/C23H26ClNO5/c1-23(2,3)30-22(27)25-13-16-10-11-18(24)20(17(16)12-19(25)21(26)28-4)29-14-15-8-6-5-7-9-15/h5-11,19H,12-14H2,1-4H3. The fourth-order valence-corrected chi connectivity index (χ4v) is 3.59. The highest BCUT2D eigenvalue weighted by Crippen LogP contribution is 2.37. The average Bonchev–Trinajstić information content (AvgIpc) is 2.71. The molecular formula is C23H26ClNO5. The highest BCUT2D eigenvalue weighted by molar-refractivity contribution is 6.32. The van der Waals surface area contributed by atoms with Crippen molar-refractivity contribution < 1.29 is 23.8 Å². The molecule has 1 atom stereocenters. The van der Waals surface area contributed by atoms with Gasteiger partial charge in [-0.3, -0.25) is 4.90 Å².